The summed E-state index contributed by atoms with van der Waals surface area (Å²) in [4.78, 5) is 17.1. The molecule has 1 aromatic heterocycles. The molecule has 1 fully saturated rings. The molecule has 6 heteroatoms. The fourth-order valence-corrected chi connectivity index (χ4v) is 2.67. The first-order chi connectivity index (χ1) is 10.8. The van der Waals surface area contributed by atoms with Gasteiger partial charge in [-0.1, -0.05) is 0 Å². The first-order valence-corrected chi connectivity index (χ1v) is 7.52. The maximum absolute atomic E-state index is 12.0. The molecule has 22 heavy (non-hydrogen) atoms. The van der Waals surface area contributed by atoms with Crippen molar-refractivity contribution in [1.82, 2.24) is 15.2 Å². The van der Waals surface area contributed by atoms with Gasteiger partial charge in [-0.2, -0.15) is 0 Å². The number of benzene rings is 1. The molecule has 1 aromatic carbocycles. The number of methoxy groups -OCH3 is 1. The third kappa shape index (κ3) is 3.17. The van der Waals surface area contributed by atoms with Crippen LogP contribution in [-0.2, 0) is 11.2 Å². The highest BCUT2D eigenvalue weighted by molar-refractivity contribution is 5.84. The molecule has 1 aliphatic rings. The predicted octanol–water partition coefficient (Wildman–Crippen LogP) is 1.76. The molecule has 6 nitrogen and oxygen atoms in total. The highest BCUT2D eigenvalue weighted by Crippen LogP contribution is 2.23. The molecule has 1 saturated heterocycles. The molecule has 0 bridgehead atoms. The zero-order valence-electron chi connectivity index (χ0n) is 12.7. The van der Waals surface area contributed by atoms with Gasteiger partial charge >= 0.3 is 6.03 Å². The quantitative estimate of drug-likeness (QED) is 0.904. The van der Waals surface area contributed by atoms with Gasteiger partial charge < -0.3 is 24.7 Å². The van der Waals surface area contributed by atoms with E-state index in [-0.39, 0.29) is 6.03 Å². The van der Waals surface area contributed by atoms with Crippen LogP contribution >= 0.6 is 0 Å². The summed E-state index contributed by atoms with van der Waals surface area (Å²) in [5.41, 5.74) is 2.26. The number of rotatable bonds is 4. The van der Waals surface area contributed by atoms with Gasteiger partial charge in [0, 0.05) is 36.7 Å². The maximum atomic E-state index is 12.0. The number of amides is 2. The number of carbonyl (C=O) groups is 1. The molecule has 3 rings (SSSR count). The van der Waals surface area contributed by atoms with Gasteiger partial charge in [-0.05, 0) is 30.2 Å². The van der Waals surface area contributed by atoms with Gasteiger partial charge in [0.15, 0.2) is 0 Å². The summed E-state index contributed by atoms with van der Waals surface area (Å²) >= 11 is 0. The Hall–Kier alpha value is -2.21. The van der Waals surface area contributed by atoms with Crippen molar-refractivity contribution < 1.29 is 14.3 Å². The van der Waals surface area contributed by atoms with E-state index in [4.69, 9.17) is 9.47 Å². The van der Waals surface area contributed by atoms with E-state index in [0.717, 1.165) is 23.1 Å². The summed E-state index contributed by atoms with van der Waals surface area (Å²) in [7, 11) is 1.66. The molecule has 0 saturated carbocycles. The second-order valence-corrected chi connectivity index (χ2v) is 5.31. The lowest BCUT2D eigenvalue weighted by molar-refractivity contribution is 0.0533. The molecule has 2 aromatic rings. The second-order valence-electron chi connectivity index (χ2n) is 5.31. The third-order valence-electron chi connectivity index (χ3n) is 3.94. The standard InChI is InChI=1S/C16H21N3O3/c1-21-13-2-3-15-14(10-13)12(11-18-15)4-5-17-16(20)19-6-8-22-9-7-19/h2-3,10-11,18H,4-9H2,1H3,(H,17,20). The van der Waals surface area contributed by atoms with Gasteiger partial charge in [-0.15, -0.1) is 0 Å². The number of carbonyl (C=O) groups excluding carboxylic acids is 1. The third-order valence-corrected chi connectivity index (χ3v) is 3.94. The second kappa shape index (κ2) is 6.70. The lowest BCUT2D eigenvalue weighted by Crippen LogP contribution is -2.46. The fourth-order valence-electron chi connectivity index (χ4n) is 2.67. The van der Waals surface area contributed by atoms with E-state index in [0.29, 0.717) is 32.8 Å². The van der Waals surface area contributed by atoms with E-state index in [9.17, 15) is 4.79 Å². The molecule has 0 aliphatic carbocycles. The number of hydrogen-bond acceptors (Lipinski definition) is 3. The SMILES string of the molecule is COc1ccc2[nH]cc(CCNC(=O)N3CCOCC3)c2c1. The molecule has 0 spiro atoms. The van der Waals surface area contributed by atoms with Crippen LogP contribution in [0, 0.1) is 0 Å². The lowest BCUT2D eigenvalue weighted by atomic mass is 10.1. The number of aromatic amines is 1. The van der Waals surface area contributed by atoms with Crippen molar-refractivity contribution in [2.24, 2.45) is 0 Å². The van der Waals surface area contributed by atoms with Crippen LogP contribution in [0.25, 0.3) is 10.9 Å². The van der Waals surface area contributed by atoms with E-state index in [2.05, 4.69) is 10.3 Å². The molecular weight excluding hydrogens is 282 g/mol. The number of nitrogens with one attached hydrogen (secondary N) is 2. The topological polar surface area (TPSA) is 66.6 Å². The van der Waals surface area contributed by atoms with E-state index >= 15 is 0 Å². The molecule has 0 radical (unpaired) electrons. The number of morpholine rings is 1. The summed E-state index contributed by atoms with van der Waals surface area (Å²) in [6, 6.07) is 5.94. The Labute approximate surface area is 129 Å². The number of fused-ring (bicyclic) bond motifs is 1. The minimum absolute atomic E-state index is 0.0132. The Balaban J connectivity index is 1.58. The van der Waals surface area contributed by atoms with Gasteiger partial charge in [0.05, 0.1) is 20.3 Å². The Morgan fingerprint density at radius 3 is 3.00 bits per heavy atom. The van der Waals surface area contributed by atoms with Crippen molar-refractivity contribution in [2.75, 3.05) is 40.0 Å². The van der Waals surface area contributed by atoms with E-state index in [1.165, 1.54) is 5.56 Å². The van der Waals surface area contributed by atoms with Crippen LogP contribution in [0.3, 0.4) is 0 Å². The average Bonchev–Trinajstić information content (AvgIpc) is 2.98. The van der Waals surface area contributed by atoms with Crippen LogP contribution in [0.4, 0.5) is 4.79 Å². The zero-order valence-corrected chi connectivity index (χ0v) is 12.7. The Morgan fingerprint density at radius 1 is 1.41 bits per heavy atom. The van der Waals surface area contributed by atoms with Gasteiger partial charge in [0.25, 0.3) is 0 Å². The number of aromatic nitrogens is 1. The molecule has 2 N–H and O–H groups in total. The van der Waals surface area contributed by atoms with Crippen LogP contribution in [0.15, 0.2) is 24.4 Å². The highest BCUT2D eigenvalue weighted by Gasteiger charge is 2.16. The monoisotopic (exact) mass is 303 g/mol. The first kappa shape index (κ1) is 14.7. The number of urea groups is 1. The van der Waals surface area contributed by atoms with Crippen LogP contribution in [0.1, 0.15) is 5.56 Å². The highest BCUT2D eigenvalue weighted by atomic mass is 16.5. The number of nitrogens with zero attached hydrogens (tertiary/aromatic N) is 1. The van der Waals surface area contributed by atoms with Crippen LogP contribution < -0.4 is 10.1 Å². The van der Waals surface area contributed by atoms with Gasteiger partial charge in [0.1, 0.15) is 5.75 Å². The first-order valence-electron chi connectivity index (χ1n) is 7.52. The van der Waals surface area contributed by atoms with Crippen molar-refractivity contribution >= 4 is 16.9 Å². The molecule has 2 amide bonds. The largest absolute Gasteiger partial charge is 0.497 e. The molecule has 1 aliphatic heterocycles. The fraction of sp³-hybridized carbons (Fsp3) is 0.438. The number of H-pyrrole nitrogens is 1. The van der Waals surface area contributed by atoms with Gasteiger partial charge in [-0.3, -0.25) is 0 Å². The Morgan fingerprint density at radius 2 is 2.23 bits per heavy atom. The van der Waals surface area contributed by atoms with Gasteiger partial charge in [-0.25, -0.2) is 4.79 Å². The molecule has 0 unspecified atom stereocenters. The normalized spacial score (nSPS) is 15.0. The summed E-state index contributed by atoms with van der Waals surface area (Å²) in [6.45, 7) is 3.18. The van der Waals surface area contributed by atoms with Crippen LogP contribution in [0.5, 0.6) is 5.75 Å². The molecular formula is C16H21N3O3. The van der Waals surface area contributed by atoms with E-state index < -0.39 is 0 Å². The minimum atomic E-state index is -0.0132. The van der Waals surface area contributed by atoms with E-state index in [1.54, 1.807) is 12.0 Å². The summed E-state index contributed by atoms with van der Waals surface area (Å²) in [5, 5.41) is 4.11. The number of hydrogen-bond donors (Lipinski definition) is 2. The van der Waals surface area contributed by atoms with Crippen molar-refractivity contribution in [1.29, 1.82) is 0 Å². The zero-order chi connectivity index (χ0) is 15.4. The molecule has 118 valence electrons. The maximum Gasteiger partial charge on any atom is 0.317 e. The van der Waals surface area contributed by atoms with Crippen LogP contribution in [0.2, 0.25) is 0 Å². The Bertz CT molecular complexity index is 647. The lowest BCUT2D eigenvalue weighted by Gasteiger charge is -2.26. The average molecular weight is 303 g/mol. The molecule has 2 heterocycles. The summed E-state index contributed by atoms with van der Waals surface area (Å²) in [5.74, 6) is 0.839. The minimum Gasteiger partial charge on any atom is -0.497 e. The summed E-state index contributed by atoms with van der Waals surface area (Å²) < 4.78 is 10.5. The van der Waals surface area contributed by atoms with Crippen molar-refractivity contribution in [3.05, 3.63) is 30.0 Å². The smallest absolute Gasteiger partial charge is 0.317 e. The molecule has 0 atom stereocenters. The van der Waals surface area contributed by atoms with Crippen LogP contribution in [-0.4, -0.2) is 55.9 Å². The van der Waals surface area contributed by atoms with E-state index in [1.807, 2.05) is 24.4 Å². The number of ether oxygens (including phenoxy) is 2. The predicted molar refractivity (Wildman–Crippen MR) is 84.3 cm³/mol. The summed E-state index contributed by atoms with van der Waals surface area (Å²) in [6.07, 6.45) is 2.77. The van der Waals surface area contributed by atoms with Crippen molar-refractivity contribution in [2.45, 2.75) is 6.42 Å². The van der Waals surface area contributed by atoms with Crippen molar-refractivity contribution in [3.8, 4) is 5.75 Å². The van der Waals surface area contributed by atoms with Crippen molar-refractivity contribution in [3.63, 3.8) is 0 Å². The van der Waals surface area contributed by atoms with Gasteiger partial charge in [0.2, 0.25) is 0 Å². The Kier molecular flexibility index (Phi) is 4.48.